The highest BCUT2D eigenvalue weighted by Crippen LogP contribution is 2.74. The second-order valence-electron chi connectivity index (χ2n) is 10.4. The third-order valence-corrected chi connectivity index (χ3v) is 8.90. The zero-order valence-electron chi connectivity index (χ0n) is 15.0. The van der Waals surface area contributed by atoms with Gasteiger partial charge in [-0.15, -0.1) is 0 Å². The molecule has 9 unspecified atom stereocenters. The van der Waals surface area contributed by atoms with E-state index in [2.05, 4.69) is 34.6 Å². The van der Waals surface area contributed by atoms with Crippen LogP contribution >= 0.6 is 0 Å². The Labute approximate surface area is 135 Å². The molecule has 22 heavy (non-hydrogen) atoms. The van der Waals surface area contributed by atoms with Gasteiger partial charge in [0.15, 0.2) is 0 Å². The molecule has 126 valence electrons. The molecule has 0 aliphatic heterocycles. The van der Waals surface area contributed by atoms with Crippen molar-refractivity contribution >= 4 is 0 Å². The van der Waals surface area contributed by atoms with Crippen LogP contribution in [0.3, 0.4) is 0 Å². The van der Waals surface area contributed by atoms with Crippen LogP contribution < -0.4 is 0 Å². The Morgan fingerprint density at radius 3 is 2.23 bits per heavy atom. The highest BCUT2D eigenvalue weighted by atomic mass is 16.3. The SMILES string of the molecule is CC(C)C1CCC2(C)C(O)CC3(C)CC4CC4(C)C(O)C3C12. The predicted octanol–water partition coefficient (Wildman–Crippen LogP) is 3.85. The first kappa shape index (κ1) is 15.4. The van der Waals surface area contributed by atoms with Gasteiger partial charge in [-0.25, -0.2) is 0 Å². The molecule has 0 amide bonds. The van der Waals surface area contributed by atoms with E-state index in [1.807, 2.05) is 0 Å². The van der Waals surface area contributed by atoms with Gasteiger partial charge in [0, 0.05) is 0 Å². The molecule has 0 spiro atoms. The van der Waals surface area contributed by atoms with Gasteiger partial charge in [0.2, 0.25) is 0 Å². The molecule has 0 radical (unpaired) electrons. The Hall–Kier alpha value is -0.0800. The van der Waals surface area contributed by atoms with Crippen LogP contribution in [-0.4, -0.2) is 22.4 Å². The van der Waals surface area contributed by atoms with Gasteiger partial charge < -0.3 is 10.2 Å². The lowest BCUT2D eigenvalue weighted by molar-refractivity contribution is -0.191. The third-order valence-electron chi connectivity index (χ3n) is 8.90. The molecule has 0 aromatic carbocycles. The van der Waals surface area contributed by atoms with Gasteiger partial charge in [0.25, 0.3) is 0 Å². The lowest BCUT2D eigenvalue weighted by Crippen LogP contribution is -2.60. The summed E-state index contributed by atoms with van der Waals surface area (Å²) in [5, 5.41) is 22.3. The molecule has 2 nitrogen and oxygen atoms in total. The summed E-state index contributed by atoms with van der Waals surface area (Å²) in [5.41, 5.74) is 0.344. The van der Waals surface area contributed by atoms with Crippen molar-refractivity contribution in [2.24, 2.45) is 45.8 Å². The Bertz CT molecular complexity index is 488. The van der Waals surface area contributed by atoms with Crippen molar-refractivity contribution in [3.8, 4) is 0 Å². The van der Waals surface area contributed by atoms with Crippen molar-refractivity contribution < 1.29 is 10.2 Å². The summed E-state index contributed by atoms with van der Waals surface area (Å²) < 4.78 is 0. The van der Waals surface area contributed by atoms with Gasteiger partial charge in [0.1, 0.15) is 0 Å². The number of fused-ring (bicyclic) bond motifs is 4. The Kier molecular flexibility index (Phi) is 3.02. The van der Waals surface area contributed by atoms with E-state index in [4.69, 9.17) is 0 Å². The lowest BCUT2D eigenvalue weighted by Gasteiger charge is -2.60. The molecule has 0 heterocycles. The van der Waals surface area contributed by atoms with Gasteiger partial charge in [0.05, 0.1) is 12.2 Å². The average Bonchev–Trinajstić information content (AvgIpc) is 2.91. The quantitative estimate of drug-likeness (QED) is 0.772. The molecule has 0 aromatic heterocycles. The summed E-state index contributed by atoms with van der Waals surface area (Å²) in [6, 6.07) is 0. The molecule has 4 aliphatic carbocycles. The van der Waals surface area contributed by atoms with Crippen LogP contribution in [0.2, 0.25) is 0 Å². The Morgan fingerprint density at radius 2 is 1.59 bits per heavy atom. The van der Waals surface area contributed by atoms with E-state index in [-0.39, 0.29) is 28.5 Å². The van der Waals surface area contributed by atoms with E-state index in [9.17, 15) is 10.2 Å². The smallest absolute Gasteiger partial charge is 0.0632 e. The Balaban J connectivity index is 1.79. The maximum Gasteiger partial charge on any atom is 0.0632 e. The summed E-state index contributed by atoms with van der Waals surface area (Å²) in [6.45, 7) is 11.7. The number of aliphatic hydroxyl groups excluding tert-OH is 2. The van der Waals surface area contributed by atoms with Crippen LogP contribution in [0.5, 0.6) is 0 Å². The first-order chi connectivity index (χ1) is 10.1. The summed E-state index contributed by atoms with van der Waals surface area (Å²) in [4.78, 5) is 0. The normalized spacial score (nSPS) is 63.3. The average molecular weight is 306 g/mol. The molecule has 4 aliphatic rings. The van der Waals surface area contributed by atoms with Crippen LogP contribution in [0.25, 0.3) is 0 Å². The van der Waals surface area contributed by atoms with Crippen molar-refractivity contribution in [2.45, 2.75) is 78.9 Å². The molecule has 0 bridgehead atoms. The second-order valence-corrected chi connectivity index (χ2v) is 10.4. The first-order valence-electron chi connectivity index (χ1n) is 9.50. The van der Waals surface area contributed by atoms with E-state index in [1.165, 1.54) is 19.3 Å². The van der Waals surface area contributed by atoms with Crippen LogP contribution in [-0.2, 0) is 0 Å². The third kappa shape index (κ3) is 1.69. The fourth-order valence-corrected chi connectivity index (χ4v) is 7.28. The molecule has 4 fully saturated rings. The molecule has 4 saturated carbocycles. The predicted molar refractivity (Wildman–Crippen MR) is 88.2 cm³/mol. The van der Waals surface area contributed by atoms with E-state index in [0.717, 1.165) is 12.8 Å². The summed E-state index contributed by atoms with van der Waals surface area (Å²) in [5.74, 6) is 2.89. The molecular weight excluding hydrogens is 272 g/mol. The second kappa shape index (κ2) is 4.30. The zero-order valence-corrected chi connectivity index (χ0v) is 15.0. The van der Waals surface area contributed by atoms with E-state index in [1.54, 1.807) is 0 Å². The summed E-state index contributed by atoms with van der Waals surface area (Å²) in [6.07, 6.45) is 5.35. The van der Waals surface area contributed by atoms with Crippen LogP contribution in [0.4, 0.5) is 0 Å². The first-order valence-corrected chi connectivity index (χ1v) is 9.50. The number of hydrogen-bond donors (Lipinski definition) is 2. The minimum absolute atomic E-state index is 0.0260. The van der Waals surface area contributed by atoms with Crippen molar-refractivity contribution in [2.75, 3.05) is 0 Å². The maximum absolute atomic E-state index is 11.3. The molecule has 2 N–H and O–H groups in total. The minimum atomic E-state index is -0.183. The highest BCUT2D eigenvalue weighted by Gasteiger charge is 2.71. The van der Waals surface area contributed by atoms with E-state index >= 15 is 0 Å². The largest absolute Gasteiger partial charge is 0.393 e. The van der Waals surface area contributed by atoms with Crippen molar-refractivity contribution in [3.63, 3.8) is 0 Å². The highest BCUT2D eigenvalue weighted by molar-refractivity contribution is 5.20. The van der Waals surface area contributed by atoms with Gasteiger partial charge >= 0.3 is 0 Å². The van der Waals surface area contributed by atoms with Crippen LogP contribution in [0.15, 0.2) is 0 Å². The minimum Gasteiger partial charge on any atom is -0.393 e. The molecule has 9 atom stereocenters. The van der Waals surface area contributed by atoms with E-state index in [0.29, 0.717) is 29.6 Å². The topological polar surface area (TPSA) is 40.5 Å². The molecule has 0 saturated heterocycles. The monoisotopic (exact) mass is 306 g/mol. The zero-order chi connectivity index (χ0) is 16.1. The van der Waals surface area contributed by atoms with Gasteiger partial charge in [-0.2, -0.15) is 0 Å². The van der Waals surface area contributed by atoms with Gasteiger partial charge in [-0.1, -0.05) is 34.6 Å². The van der Waals surface area contributed by atoms with E-state index < -0.39 is 0 Å². The number of hydrogen-bond acceptors (Lipinski definition) is 2. The van der Waals surface area contributed by atoms with Crippen LogP contribution in [0.1, 0.15) is 66.7 Å². The van der Waals surface area contributed by atoms with Crippen molar-refractivity contribution in [1.82, 2.24) is 0 Å². The summed E-state index contributed by atoms with van der Waals surface area (Å²) in [7, 11) is 0. The van der Waals surface area contributed by atoms with Crippen molar-refractivity contribution in [3.05, 3.63) is 0 Å². The van der Waals surface area contributed by atoms with Crippen LogP contribution in [0, 0.1) is 45.8 Å². The summed E-state index contributed by atoms with van der Waals surface area (Å²) >= 11 is 0. The molecule has 4 rings (SSSR count). The number of rotatable bonds is 1. The van der Waals surface area contributed by atoms with Gasteiger partial charge in [-0.3, -0.25) is 0 Å². The lowest BCUT2D eigenvalue weighted by atomic mass is 9.46. The molecule has 0 aromatic rings. The Morgan fingerprint density at radius 1 is 0.909 bits per heavy atom. The van der Waals surface area contributed by atoms with Crippen molar-refractivity contribution in [1.29, 1.82) is 0 Å². The molecule has 2 heteroatoms. The fourth-order valence-electron chi connectivity index (χ4n) is 7.28. The van der Waals surface area contributed by atoms with Gasteiger partial charge in [-0.05, 0) is 77.9 Å². The molecular formula is C20H34O2. The fraction of sp³-hybridized carbons (Fsp3) is 1.00. The number of aliphatic hydroxyl groups is 2. The standard InChI is InChI=1S/C20H34O2/c1-11(2)13-6-7-19(4)14(21)10-18(3)8-12-9-20(12,5)17(22)16(18)15(13)19/h11-17,21-22H,6-10H2,1-5H3. The maximum atomic E-state index is 11.3.